The molecular formula is C13H13N5O. The van der Waals surface area contributed by atoms with Gasteiger partial charge in [0.05, 0.1) is 6.54 Å². The molecule has 0 atom stereocenters. The minimum Gasteiger partial charge on any atom is -0.313 e. The van der Waals surface area contributed by atoms with Gasteiger partial charge in [-0.3, -0.25) is 4.79 Å². The first-order valence-electron chi connectivity index (χ1n) is 6.30. The molecule has 6 nitrogen and oxygen atoms in total. The van der Waals surface area contributed by atoms with Crippen LogP contribution in [0.1, 0.15) is 30.1 Å². The van der Waals surface area contributed by atoms with Crippen LogP contribution in [0.5, 0.6) is 0 Å². The Kier molecular flexibility index (Phi) is 2.88. The molecule has 0 saturated carbocycles. The first-order valence-corrected chi connectivity index (χ1v) is 6.30. The molecule has 0 aliphatic carbocycles. The summed E-state index contributed by atoms with van der Waals surface area (Å²) in [6, 6.07) is 5.13. The monoisotopic (exact) mass is 255 g/mol. The number of nitrogens with zero attached hydrogens (tertiary/aromatic N) is 5. The predicted molar refractivity (Wildman–Crippen MR) is 67.5 cm³/mol. The fraction of sp³-hybridized carbons (Fsp3) is 0.385. The molecule has 3 rings (SSSR count). The second kappa shape index (κ2) is 4.69. The molecule has 0 amide bonds. The van der Waals surface area contributed by atoms with Crippen LogP contribution >= 0.6 is 0 Å². The zero-order valence-corrected chi connectivity index (χ0v) is 10.4. The molecule has 96 valence electrons. The molecule has 0 radical (unpaired) electrons. The van der Waals surface area contributed by atoms with Gasteiger partial charge in [-0.15, -0.1) is 10.2 Å². The normalized spacial score (nSPS) is 13.8. The van der Waals surface area contributed by atoms with Crippen molar-refractivity contribution in [1.82, 2.24) is 19.3 Å². The number of nitriles is 1. The van der Waals surface area contributed by atoms with Crippen molar-refractivity contribution in [3.05, 3.63) is 45.9 Å². The highest BCUT2D eigenvalue weighted by Gasteiger charge is 2.16. The number of hydrogen-bond donors (Lipinski definition) is 0. The van der Waals surface area contributed by atoms with Crippen molar-refractivity contribution in [2.24, 2.45) is 0 Å². The molecule has 0 spiro atoms. The van der Waals surface area contributed by atoms with Crippen molar-refractivity contribution in [2.75, 3.05) is 0 Å². The van der Waals surface area contributed by atoms with Gasteiger partial charge < -0.3 is 9.13 Å². The van der Waals surface area contributed by atoms with Crippen molar-refractivity contribution in [2.45, 2.75) is 32.4 Å². The number of hydrogen-bond acceptors (Lipinski definition) is 4. The highest BCUT2D eigenvalue weighted by atomic mass is 16.1. The quantitative estimate of drug-likeness (QED) is 0.791. The lowest BCUT2D eigenvalue weighted by atomic mass is 10.2. The van der Waals surface area contributed by atoms with Gasteiger partial charge in [-0.1, -0.05) is 0 Å². The topological polar surface area (TPSA) is 76.5 Å². The highest BCUT2D eigenvalue weighted by molar-refractivity contribution is 5.25. The van der Waals surface area contributed by atoms with Gasteiger partial charge in [0.25, 0.3) is 5.56 Å². The average Bonchev–Trinajstić information content (AvgIpc) is 2.85. The summed E-state index contributed by atoms with van der Waals surface area (Å²) in [5, 5.41) is 17.2. The van der Waals surface area contributed by atoms with E-state index in [1.54, 1.807) is 12.3 Å². The van der Waals surface area contributed by atoms with E-state index in [9.17, 15) is 4.79 Å². The van der Waals surface area contributed by atoms with Gasteiger partial charge in [0.15, 0.2) is 5.82 Å². The van der Waals surface area contributed by atoms with Gasteiger partial charge in [-0.05, 0) is 25.0 Å². The molecule has 6 heteroatoms. The summed E-state index contributed by atoms with van der Waals surface area (Å²) in [5.74, 6) is 1.78. The van der Waals surface area contributed by atoms with Crippen LogP contribution in [-0.2, 0) is 19.5 Å². The van der Waals surface area contributed by atoms with E-state index in [0.29, 0.717) is 6.54 Å². The van der Waals surface area contributed by atoms with Crippen LogP contribution in [0.2, 0.25) is 0 Å². The molecule has 0 N–H and O–H groups in total. The van der Waals surface area contributed by atoms with Crippen molar-refractivity contribution in [3.8, 4) is 6.07 Å². The van der Waals surface area contributed by atoms with Crippen LogP contribution < -0.4 is 5.56 Å². The van der Waals surface area contributed by atoms with Gasteiger partial charge in [0.2, 0.25) is 0 Å². The standard InChI is InChI=1S/C13H13N5O/c14-8-10-4-3-6-17(13(10)19)9-12-16-15-11-5-1-2-7-18(11)12/h3-4,6H,1-2,5,7,9H2. The lowest BCUT2D eigenvalue weighted by Gasteiger charge is -2.15. The Morgan fingerprint density at radius 3 is 3.11 bits per heavy atom. The maximum atomic E-state index is 12.0. The number of aryl methyl sites for hydroxylation is 1. The molecule has 3 heterocycles. The van der Waals surface area contributed by atoms with E-state index in [1.807, 2.05) is 6.07 Å². The Bertz CT molecular complexity index is 707. The molecule has 1 aliphatic rings. The predicted octanol–water partition coefficient (Wildman–Crippen LogP) is 0.696. The number of pyridine rings is 1. The van der Waals surface area contributed by atoms with E-state index >= 15 is 0 Å². The van der Waals surface area contributed by atoms with Crippen LogP contribution in [0.15, 0.2) is 23.1 Å². The molecular weight excluding hydrogens is 242 g/mol. The fourth-order valence-electron chi connectivity index (χ4n) is 2.38. The third-order valence-electron chi connectivity index (χ3n) is 3.39. The first kappa shape index (κ1) is 11.7. The van der Waals surface area contributed by atoms with Crippen molar-refractivity contribution >= 4 is 0 Å². The lowest BCUT2D eigenvalue weighted by molar-refractivity contribution is 0.500. The van der Waals surface area contributed by atoms with Gasteiger partial charge in [-0.2, -0.15) is 5.26 Å². The van der Waals surface area contributed by atoms with E-state index in [0.717, 1.165) is 37.5 Å². The van der Waals surface area contributed by atoms with E-state index < -0.39 is 0 Å². The van der Waals surface area contributed by atoms with Crippen LogP contribution in [0.3, 0.4) is 0 Å². The summed E-state index contributed by atoms with van der Waals surface area (Å²) in [7, 11) is 0. The van der Waals surface area contributed by atoms with Crippen LogP contribution in [0, 0.1) is 11.3 Å². The van der Waals surface area contributed by atoms with E-state index in [2.05, 4.69) is 14.8 Å². The molecule has 0 saturated heterocycles. The SMILES string of the molecule is N#Cc1cccn(Cc2nnc3n2CCCC3)c1=O. The van der Waals surface area contributed by atoms with Crippen LogP contribution in [-0.4, -0.2) is 19.3 Å². The fourth-order valence-corrected chi connectivity index (χ4v) is 2.38. The van der Waals surface area contributed by atoms with Gasteiger partial charge in [-0.25, -0.2) is 0 Å². The van der Waals surface area contributed by atoms with E-state index in [-0.39, 0.29) is 11.1 Å². The molecule has 2 aromatic heterocycles. The molecule has 2 aromatic rings. The molecule has 0 bridgehead atoms. The van der Waals surface area contributed by atoms with Crippen molar-refractivity contribution < 1.29 is 0 Å². The number of fused-ring (bicyclic) bond motifs is 1. The highest BCUT2D eigenvalue weighted by Crippen LogP contribution is 2.14. The summed E-state index contributed by atoms with van der Waals surface area (Å²) >= 11 is 0. The Morgan fingerprint density at radius 1 is 1.37 bits per heavy atom. The van der Waals surface area contributed by atoms with Crippen LogP contribution in [0.25, 0.3) is 0 Å². The Balaban J connectivity index is 1.96. The van der Waals surface area contributed by atoms with Crippen molar-refractivity contribution in [1.29, 1.82) is 5.26 Å². The zero-order chi connectivity index (χ0) is 13.2. The van der Waals surface area contributed by atoms with Gasteiger partial charge >= 0.3 is 0 Å². The lowest BCUT2D eigenvalue weighted by Crippen LogP contribution is -2.24. The molecule has 0 unspecified atom stereocenters. The Labute approximate surface area is 109 Å². The first-order chi connectivity index (χ1) is 9.29. The third kappa shape index (κ3) is 2.03. The second-order valence-corrected chi connectivity index (χ2v) is 4.61. The van der Waals surface area contributed by atoms with Crippen molar-refractivity contribution in [3.63, 3.8) is 0 Å². The van der Waals surface area contributed by atoms with Gasteiger partial charge in [0, 0.05) is 19.2 Å². The van der Waals surface area contributed by atoms with Gasteiger partial charge in [0.1, 0.15) is 17.5 Å². The summed E-state index contributed by atoms with van der Waals surface area (Å²) in [5.41, 5.74) is -0.126. The maximum absolute atomic E-state index is 12.0. The average molecular weight is 255 g/mol. The van der Waals surface area contributed by atoms with Crippen LogP contribution in [0.4, 0.5) is 0 Å². The second-order valence-electron chi connectivity index (χ2n) is 4.61. The van der Waals surface area contributed by atoms with E-state index in [1.165, 1.54) is 10.6 Å². The van der Waals surface area contributed by atoms with E-state index in [4.69, 9.17) is 5.26 Å². The molecule has 0 aromatic carbocycles. The molecule has 0 fully saturated rings. The molecule has 19 heavy (non-hydrogen) atoms. The Morgan fingerprint density at radius 2 is 2.26 bits per heavy atom. The maximum Gasteiger partial charge on any atom is 0.268 e. The molecule has 1 aliphatic heterocycles. The zero-order valence-electron chi connectivity index (χ0n) is 10.4. The summed E-state index contributed by atoms with van der Waals surface area (Å²) < 4.78 is 3.58. The summed E-state index contributed by atoms with van der Waals surface area (Å²) in [4.78, 5) is 12.0. The number of aromatic nitrogens is 4. The minimum atomic E-state index is -0.279. The number of rotatable bonds is 2. The third-order valence-corrected chi connectivity index (χ3v) is 3.39. The smallest absolute Gasteiger partial charge is 0.268 e. The summed E-state index contributed by atoms with van der Waals surface area (Å²) in [6.45, 7) is 1.27. The Hall–Kier alpha value is -2.42. The largest absolute Gasteiger partial charge is 0.313 e. The summed E-state index contributed by atoms with van der Waals surface area (Å²) in [6.07, 6.45) is 4.88. The minimum absolute atomic E-state index is 0.154.